The molecule has 1 aliphatic rings. The zero-order valence-corrected chi connectivity index (χ0v) is 16.2. The van der Waals surface area contributed by atoms with Crippen molar-refractivity contribution in [3.8, 4) is 15.6 Å². The van der Waals surface area contributed by atoms with Crippen molar-refractivity contribution < 1.29 is 9.53 Å². The zero-order chi connectivity index (χ0) is 17.9. The van der Waals surface area contributed by atoms with Crippen LogP contribution in [-0.4, -0.2) is 28.9 Å². The minimum Gasteiger partial charge on any atom is -0.494 e. The highest BCUT2D eigenvalue weighted by atomic mass is 32.1. The van der Waals surface area contributed by atoms with Gasteiger partial charge < -0.3 is 9.64 Å². The average molecular weight is 385 g/mol. The minimum atomic E-state index is 0.0282. The van der Waals surface area contributed by atoms with Crippen LogP contribution in [-0.2, 0) is 0 Å². The van der Waals surface area contributed by atoms with Gasteiger partial charge in [0.15, 0.2) is 0 Å². The molecule has 2 aromatic heterocycles. The van der Waals surface area contributed by atoms with E-state index in [1.165, 1.54) is 11.3 Å². The lowest BCUT2D eigenvalue weighted by Gasteiger charge is -2.24. The molecule has 1 aromatic carbocycles. The van der Waals surface area contributed by atoms with Gasteiger partial charge in [0.2, 0.25) is 0 Å². The molecule has 1 fully saturated rings. The largest absolute Gasteiger partial charge is 0.494 e. The number of thiazole rings is 1. The highest BCUT2D eigenvalue weighted by Gasteiger charge is 2.31. The fraction of sp³-hybridized carbons (Fsp3) is 0.300. The summed E-state index contributed by atoms with van der Waals surface area (Å²) in [5.74, 6) is 0.896. The van der Waals surface area contributed by atoms with Crippen LogP contribution in [0.1, 0.15) is 41.9 Å². The fourth-order valence-electron chi connectivity index (χ4n) is 3.34. The molecule has 3 aromatic rings. The second-order valence-electron chi connectivity index (χ2n) is 6.17. The van der Waals surface area contributed by atoms with Gasteiger partial charge in [0.1, 0.15) is 16.5 Å². The number of hydrogen-bond acceptors (Lipinski definition) is 5. The standard InChI is InChI=1S/C20H20N2O2S2/c1-2-24-15-9-7-14(8-10-15)17-5-3-11-22(17)20(23)16-13-26-19(21-16)18-6-4-12-25-18/h4,6-10,12-13,17H,2-3,5,11H2,1H3/t17-/m0/s1. The molecule has 1 atom stereocenters. The summed E-state index contributed by atoms with van der Waals surface area (Å²) < 4.78 is 5.52. The third-order valence-corrected chi connectivity index (χ3v) is 6.43. The molecule has 6 heteroatoms. The number of nitrogens with zero attached hydrogens (tertiary/aromatic N) is 2. The molecule has 4 nitrogen and oxygen atoms in total. The number of thiophene rings is 1. The summed E-state index contributed by atoms with van der Waals surface area (Å²) in [4.78, 5) is 20.7. The van der Waals surface area contributed by atoms with Gasteiger partial charge in [0, 0.05) is 11.9 Å². The van der Waals surface area contributed by atoms with E-state index in [0.29, 0.717) is 12.3 Å². The fourth-order valence-corrected chi connectivity index (χ4v) is 4.95. The van der Waals surface area contributed by atoms with Crippen molar-refractivity contribution in [2.24, 2.45) is 0 Å². The molecule has 1 saturated heterocycles. The number of carbonyl (C=O) groups excluding carboxylic acids is 1. The summed E-state index contributed by atoms with van der Waals surface area (Å²) in [7, 11) is 0. The molecule has 0 saturated carbocycles. The molecular formula is C20H20N2O2S2. The van der Waals surface area contributed by atoms with E-state index in [9.17, 15) is 4.79 Å². The van der Waals surface area contributed by atoms with Crippen LogP contribution >= 0.6 is 22.7 Å². The van der Waals surface area contributed by atoms with E-state index in [-0.39, 0.29) is 11.9 Å². The Balaban J connectivity index is 1.53. The van der Waals surface area contributed by atoms with E-state index < -0.39 is 0 Å². The van der Waals surface area contributed by atoms with Gasteiger partial charge in [-0.15, -0.1) is 22.7 Å². The second kappa shape index (κ2) is 7.60. The molecule has 0 bridgehead atoms. The average Bonchev–Trinajstić information content (AvgIpc) is 3.42. The molecule has 0 N–H and O–H groups in total. The maximum Gasteiger partial charge on any atom is 0.273 e. The summed E-state index contributed by atoms with van der Waals surface area (Å²) in [5.41, 5.74) is 1.71. The maximum atomic E-state index is 13.0. The monoisotopic (exact) mass is 384 g/mol. The van der Waals surface area contributed by atoms with Crippen LogP contribution in [0.4, 0.5) is 0 Å². The normalized spacial score (nSPS) is 16.8. The van der Waals surface area contributed by atoms with Crippen LogP contribution in [0.25, 0.3) is 9.88 Å². The van der Waals surface area contributed by atoms with Crippen molar-refractivity contribution >= 4 is 28.6 Å². The minimum absolute atomic E-state index is 0.0282. The Bertz CT molecular complexity index is 872. The van der Waals surface area contributed by atoms with Gasteiger partial charge in [-0.2, -0.15) is 0 Å². The van der Waals surface area contributed by atoms with Crippen molar-refractivity contribution in [3.05, 3.63) is 58.4 Å². The first-order chi connectivity index (χ1) is 12.8. The van der Waals surface area contributed by atoms with Gasteiger partial charge in [-0.1, -0.05) is 18.2 Å². The van der Waals surface area contributed by atoms with Crippen LogP contribution < -0.4 is 4.74 Å². The molecule has 1 amide bonds. The predicted octanol–water partition coefficient (Wildman–Crippen LogP) is 5.25. The number of carbonyl (C=O) groups is 1. The van der Waals surface area contributed by atoms with Crippen LogP contribution in [0, 0.1) is 0 Å². The summed E-state index contributed by atoms with van der Waals surface area (Å²) in [6.45, 7) is 3.41. The molecular weight excluding hydrogens is 364 g/mol. The van der Waals surface area contributed by atoms with E-state index in [1.807, 2.05) is 46.8 Å². The second-order valence-corrected chi connectivity index (χ2v) is 7.98. The van der Waals surface area contributed by atoms with E-state index in [1.54, 1.807) is 11.3 Å². The quantitative estimate of drug-likeness (QED) is 0.603. The Morgan fingerprint density at radius 3 is 2.85 bits per heavy atom. The van der Waals surface area contributed by atoms with Crippen molar-refractivity contribution in [2.75, 3.05) is 13.2 Å². The van der Waals surface area contributed by atoms with Crippen molar-refractivity contribution in [1.29, 1.82) is 0 Å². The smallest absolute Gasteiger partial charge is 0.273 e. The van der Waals surface area contributed by atoms with Gasteiger partial charge in [0.05, 0.1) is 17.5 Å². The lowest BCUT2D eigenvalue weighted by atomic mass is 10.0. The summed E-state index contributed by atoms with van der Waals surface area (Å²) >= 11 is 3.18. The number of likely N-dealkylation sites (tertiary alicyclic amines) is 1. The molecule has 0 unspecified atom stereocenters. The van der Waals surface area contributed by atoms with Crippen LogP contribution in [0.3, 0.4) is 0 Å². The molecule has 0 spiro atoms. The Labute approximate surface area is 161 Å². The first-order valence-corrected chi connectivity index (χ1v) is 10.6. The molecule has 0 radical (unpaired) electrons. The third-order valence-electron chi connectivity index (χ3n) is 4.54. The van der Waals surface area contributed by atoms with E-state index in [2.05, 4.69) is 17.1 Å². The zero-order valence-electron chi connectivity index (χ0n) is 14.6. The third kappa shape index (κ3) is 3.39. The molecule has 26 heavy (non-hydrogen) atoms. The molecule has 1 aliphatic heterocycles. The topological polar surface area (TPSA) is 42.4 Å². The lowest BCUT2D eigenvalue weighted by Crippen LogP contribution is -2.30. The molecule has 134 valence electrons. The highest BCUT2D eigenvalue weighted by Crippen LogP contribution is 2.35. The maximum absolute atomic E-state index is 13.0. The lowest BCUT2D eigenvalue weighted by molar-refractivity contribution is 0.0730. The highest BCUT2D eigenvalue weighted by molar-refractivity contribution is 7.20. The predicted molar refractivity (Wildman–Crippen MR) is 106 cm³/mol. The first kappa shape index (κ1) is 17.2. The Hall–Kier alpha value is -2.18. The van der Waals surface area contributed by atoms with Gasteiger partial charge in [-0.3, -0.25) is 4.79 Å². The number of aromatic nitrogens is 1. The number of rotatable bonds is 5. The van der Waals surface area contributed by atoms with Gasteiger partial charge >= 0.3 is 0 Å². The first-order valence-electron chi connectivity index (χ1n) is 8.79. The number of benzene rings is 1. The van der Waals surface area contributed by atoms with Crippen molar-refractivity contribution in [3.63, 3.8) is 0 Å². The SMILES string of the molecule is CCOc1ccc([C@@H]2CCCN2C(=O)c2csc(-c3cccs3)n2)cc1. The Morgan fingerprint density at radius 2 is 2.12 bits per heavy atom. The number of ether oxygens (including phenoxy) is 1. The van der Waals surface area contributed by atoms with Crippen LogP contribution in [0.5, 0.6) is 5.75 Å². The Morgan fingerprint density at radius 1 is 1.27 bits per heavy atom. The van der Waals surface area contributed by atoms with Gasteiger partial charge in [-0.25, -0.2) is 4.98 Å². The van der Waals surface area contributed by atoms with E-state index in [0.717, 1.165) is 40.6 Å². The Kier molecular flexibility index (Phi) is 5.04. The molecule has 3 heterocycles. The molecule has 0 aliphatic carbocycles. The summed E-state index contributed by atoms with van der Waals surface area (Å²) in [5, 5.41) is 4.83. The number of amides is 1. The van der Waals surface area contributed by atoms with Crippen molar-refractivity contribution in [1.82, 2.24) is 9.88 Å². The van der Waals surface area contributed by atoms with Crippen LogP contribution in [0.2, 0.25) is 0 Å². The van der Waals surface area contributed by atoms with Gasteiger partial charge in [-0.05, 0) is 48.9 Å². The van der Waals surface area contributed by atoms with E-state index >= 15 is 0 Å². The van der Waals surface area contributed by atoms with E-state index in [4.69, 9.17) is 4.74 Å². The summed E-state index contributed by atoms with van der Waals surface area (Å²) in [6.07, 6.45) is 2.01. The summed E-state index contributed by atoms with van der Waals surface area (Å²) in [6, 6.07) is 12.3. The molecule has 4 rings (SSSR count). The number of hydrogen-bond donors (Lipinski definition) is 0. The van der Waals surface area contributed by atoms with Crippen molar-refractivity contribution in [2.45, 2.75) is 25.8 Å². The van der Waals surface area contributed by atoms with Crippen LogP contribution in [0.15, 0.2) is 47.2 Å². The van der Waals surface area contributed by atoms with Gasteiger partial charge in [0.25, 0.3) is 5.91 Å².